The summed E-state index contributed by atoms with van der Waals surface area (Å²) in [5.41, 5.74) is 1.40. The van der Waals surface area contributed by atoms with Crippen molar-refractivity contribution in [3.63, 3.8) is 0 Å². The largest absolute Gasteiger partial charge is 0.368 e. The number of hydrogen-bond donors (Lipinski definition) is 2. The molecule has 3 rings (SSSR count). The Morgan fingerprint density at radius 2 is 2.08 bits per heavy atom. The van der Waals surface area contributed by atoms with Crippen LogP contribution in [0.5, 0.6) is 0 Å². The molecule has 0 spiro atoms. The van der Waals surface area contributed by atoms with E-state index in [4.69, 9.17) is 4.74 Å². The number of rotatable bonds is 6. The fourth-order valence-electron chi connectivity index (χ4n) is 2.99. The van der Waals surface area contributed by atoms with Crippen molar-refractivity contribution in [3.05, 3.63) is 29.8 Å². The Morgan fingerprint density at radius 1 is 1.29 bits per heavy atom. The number of nitrogens with zero attached hydrogens (tertiary/aromatic N) is 1. The highest BCUT2D eigenvalue weighted by Crippen LogP contribution is 2.21. The molecular formula is C17H21N3O4. The molecule has 2 N–H and O–H groups in total. The minimum atomic E-state index is -0.389. The molecule has 1 aromatic rings. The normalized spacial score (nSPS) is 18.1. The van der Waals surface area contributed by atoms with Crippen molar-refractivity contribution in [2.45, 2.75) is 38.3 Å². The number of hydrogen-bond acceptors (Lipinski definition) is 4. The zero-order valence-electron chi connectivity index (χ0n) is 13.4. The maximum Gasteiger partial charge on any atom is 0.324 e. The van der Waals surface area contributed by atoms with Gasteiger partial charge in [-0.25, -0.2) is 4.79 Å². The van der Waals surface area contributed by atoms with Gasteiger partial charge in [-0.1, -0.05) is 25.0 Å². The zero-order chi connectivity index (χ0) is 16.9. The van der Waals surface area contributed by atoms with E-state index >= 15 is 0 Å². The summed E-state index contributed by atoms with van der Waals surface area (Å²) in [5.74, 6) is -0.451. The van der Waals surface area contributed by atoms with E-state index < -0.39 is 0 Å². The topological polar surface area (TPSA) is 87.7 Å². The molecule has 1 aromatic carbocycles. The van der Waals surface area contributed by atoms with Gasteiger partial charge < -0.3 is 15.4 Å². The second kappa shape index (κ2) is 7.44. The molecule has 7 heteroatoms. The standard InChI is InChI=1S/C17H21N3O4/c21-15(11-24-14-6-1-2-7-14)19-13-5-3-4-12(8-13)10-20-16(22)9-18-17(20)23/h3-5,8,14H,1-2,6-7,9-11H2,(H,18,23)(H,19,21). The molecule has 1 aliphatic heterocycles. The van der Waals surface area contributed by atoms with Crippen LogP contribution in [0.3, 0.4) is 0 Å². The van der Waals surface area contributed by atoms with Gasteiger partial charge in [0, 0.05) is 5.69 Å². The van der Waals surface area contributed by atoms with Crippen LogP contribution < -0.4 is 10.6 Å². The summed E-state index contributed by atoms with van der Waals surface area (Å²) in [6.45, 7) is 0.266. The first kappa shape index (κ1) is 16.4. The van der Waals surface area contributed by atoms with Crippen molar-refractivity contribution in [1.29, 1.82) is 0 Å². The van der Waals surface area contributed by atoms with Crippen molar-refractivity contribution in [3.8, 4) is 0 Å². The van der Waals surface area contributed by atoms with E-state index in [1.54, 1.807) is 18.2 Å². The number of urea groups is 1. The van der Waals surface area contributed by atoms with E-state index in [1.165, 1.54) is 0 Å². The molecule has 128 valence electrons. The van der Waals surface area contributed by atoms with Crippen molar-refractivity contribution >= 4 is 23.5 Å². The lowest BCUT2D eigenvalue weighted by atomic mass is 10.2. The summed E-state index contributed by atoms with van der Waals surface area (Å²) in [5, 5.41) is 5.27. The van der Waals surface area contributed by atoms with Gasteiger partial charge in [-0.05, 0) is 30.5 Å². The van der Waals surface area contributed by atoms with Crippen LogP contribution in [0, 0.1) is 0 Å². The highest BCUT2D eigenvalue weighted by atomic mass is 16.5. The van der Waals surface area contributed by atoms with E-state index in [9.17, 15) is 14.4 Å². The first-order chi connectivity index (χ1) is 11.6. The summed E-state index contributed by atoms with van der Waals surface area (Å²) in [6, 6.07) is 6.72. The number of carbonyl (C=O) groups excluding carboxylic acids is 3. The van der Waals surface area contributed by atoms with Crippen LogP contribution >= 0.6 is 0 Å². The number of nitrogens with one attached hydrogen (secondary N) is 2. The van der Waals surface area contributed by atoms with E-state index in [0.717, 1.165) is 36.1 Å². The van der Waals surface area contributed by atoms with Gasteiger partial charge in [0.15, 0.2) is 0 Å². The maximum atomic E-state index is 12.0. The van der Waals surface area contributed by atoms with Gasteiger partial charge in [0.1, 0.15) is 6.61 Å². The van der Waals surface area contributed by atoms with E-state index in [1.807, 2.05) is 6.07 Å². The van der Waals surface area contributed by atoms with Crippen LogP contribution in [-0.4, -0.2) is 42.0 Å². The lowest BCUT2D eigenvalue weighted by Crippen LogP contribution is -2.30. The summed E-state index contributed by atoms with van der Waals surface area (Å²) in [7, 11) is 0. The maximum absolute atomic E-state index is 12.0. The molecule has 0 atom stereocenters. The van der Waals surface area contributed by atoms with Crippen LogP contribution in [0.25, 0.3) is 0 Å². The summed E-state index contributed by atoms with van der Waals surface area (Å²) in [6.07, 6.45) is 4.57. The lowest BCUT2D eigenvalue weighted by Gasteiger charge is -2.14. The van der Waals surface area contributed by atoms with Crippen molar-refractivity contribution in [1.82, 2.24) is 10.2 Å². The molecule has 1 heterocycles. The zero-order valence-corrected chi connectivity index (χ0v) is 13.4. The quantitative estimate of drug-likeness (QED) is 0.776. The molecule has 2 aliphatic rings. The average molecular weight is 331 g/mol. The molecule has 1 saturated heterocycles. The minimum absolute atomic E-state index is 0.0355. The predicted molar refractivity (Wildman–Crippen MR) is 87.2 cm³/mol. The summed E-state index contributed by atoms with van der Waals surface area (Å²) in [4.78, 5) is 36.3. The number of anilines is 1. The number of imide groups is 1. The van der Waals surface area contributed by atoms with Gasteiger partial charge in [0.05, 0.1) is 19.2 Å². The molecule has 4 amide bonds. The Bertz CT molecular complexity index is 624. The van der Waals surface area contributed by atoms with Crippen LogP contribution in [0.15, 0.2) is 24.3 Å². The van der Waals surface area contributed by atoms with Crippen LogP contribution in [0.2, 0.25) is 0 Å². The smallest absolute Gasteiger partial charge is 0.324 e. The van der Waals surface area contributed by atoms with Crippen molar-refractivity contribution in [2.24, 2.45) is 0 Å². The molecule has 0 bridgehead atoms. The Morgan fingerprint density at radius 3 is 2.79 bits per heavy atom. The highest BCUT2D eigenvalue weighted by molar-refractivity contribution is 6.01. The third-order valence-electron chi connectivity index (χ3n) is 4.24. The first-order valence-corrected chi connectivity index (χ1v) is 8.20. The average Bonchev–Trinajstić information content (AvgIpc) is 3.19. The molecule has 1 saturated carbocycles. The SMILES string of the molecule is O=C(COC1CCCC1)Nc1cccc(CN2C(=O)CNC2=O)c1. The molecule has 0 radical (unpaired) electrons. The number of carbonyl (C=O) groups is 3. The summed E-state index contributed by atoms with van der Waals surface area (Å²) >= 11 is 0. The second-order valence-corrected chi connectivity index (χ2v) is 6.10. The van der Waals surface area contributed by atoms with Crippen LogP contribution in [0.1, 0.15) is 31.2 Å². The number of benzene rings is 1. The fraction of sp³-hybridized carbons (Fsp3) is 0.471. The van der Waals surface area contributed by atoms with Crippen LogP contribution in [0.4, 0.5) is 10.5 Å². The van der Waals surface area contributed by atoms with Crippen LogP contribution in [-0.2, 0) is 20.9 Å². The highest BCUT2D eigenvalue weighted by Gasteiger charge is 2.28. The molecular weight excluding hydrogens is 310 g/mol. The Hall–Kier alpha value is -2.41. The fourth-order valence-corrected chi connectivity index (χ4v) is 2.99. The van der Waals surface area contributed by atoms with Gasteiger partial charge in [-0.2, -0.15) is 0 Å². The minimum Gasteiger partial charge on any atom is -0.368 e. The third-order valence-corrected chi connectivity index (χ3v) is 4.24. The first-order valence-electron chi connectivity index (χ1n) is 8.20. The molecule has 0 aromatic heterocycles. The second-order valence-electron chi connectivity index (χ2n) is 6.10. The molecule has 1 aliphatic carbocycles. The van der Waals surface area contributed by atoms with Crippen molar-refractivity contribution in [2.75, 3.05) is 18.5 Å². The predicted octanol–water partition coefficient (Wildman–Crippen LogP) is 1.64. The van der Waals surface area contributed by atoms with Gasteiger partial charge in [0.25, 0.3) is 0 Å². The molecule has 0 unspecified atom stereocenters. The van der Waals surface area contributed by atoms with E-state index in [2.05, 4.69) is 10.6 Å². The summed E-state index contributed by atoms with van der Waals surface area (Å²) < 4.78 is 5.59. The van der Waals surface area contributed by atoms with Gasteiger partial charge in [-0.15, -0.1) is 0 Å². The van der Waals surface area contributed by atoms with Crippen molar-refractivity contribution < 1.29 is 19.1 Å². The number of ether oxygens (including phenoxy) is 1. The Balaban J connectivity index is 1.53. The number of amides is 4. The van der Waals surface area contributed by atoms with E-state index in [0.29, 0.717) is 5.69 Å². The lowest BCUT2D eigenvalue weighted by molar-refractivity contribution is -0.125. The molecule has 24 heavy (non-hydrogen) atoms. The van der Waals surface area contributed by atoms with Gasteiger partial charge in [0.2, 0.25) is 11.8 Å². The van der Waals surface area contributed by atoms with E-state index in [-0.39, 0.29) is 43.6 Å². The monoisotopic (exact) mass is 331 g/mol. The Kier molecular flexibility index (Phi) is 5.10. The molecule has 7 nitrogen and oxygen atoms in total. The van der Waals surface area contributed by atoms with Gasteiger partial charge >= 0.3 is 6.03 Å². The van der Waals surface area contributed by atoms with Gasteiger partial charge in [-0.3, -0.25) is 14.5 Å². The molecule has 2 fully saturated rings. The Labute approximate surface area is 140 Å². The third kappa shape index (κ3) is 4.11.